The number of pyridine rings is 1. The van der Waals surface area contributed by atoms with Crippen LogP contribution in [0.3, 0.4) is 0 Å². The van der Waals surface area contributed by atoms with Crippen molar-refractivity contribution < 1.29 is 13.9 Å². The number of carbonyl (C=O) groups excluding carboxylic acids is 1. The summed E-state index contributed by atoms with van der Waals surface area (Å²) in [5.74, 6) is 0.281. The van der Waals surface area contributed by atoms with Gasteiger partial charge in [0.05, 0.1) is 13.2 Å². The third kappa shape index (κ3) is 2.29. The molecule has 1 aliphatic heterocycles. The van der Waals surface area contributed by atoms with Crippen LogP contribution < -0.4 is 4.90 Å². The number of fused-ring (bicyclic) bond motifs is 1. The Hall–Kier alpha value is -2.01. The SMILES string of the molecule is O=Cc1cc(F)c2nc(N3CCOCC3)ccc2c1. The number of benzene rings is 1. The van der Waals surface area contributed by atoms with Gasteiger partial charge in [0.15, 0.2) is 0 Å². The normalized spacial score (nSPS) is 15.7. The smallest absolute Gasteiger partial charge is 0.150 e. The van der Waals surface area contributed by atoms with Gasteiger partial charge in [-0.05, 0) is 24.3 Å². The summed E-state index contributed by atoms with van der Waals surface area (Å²) in [6.45, 7) is 2.83. The average Bonchev–Trinajstić information content (AvgIpc) is 2.47. The van der Waals surface area contributed by atoms with E-state index in [1.54, 1.807) is 12.1 Å². The fourth-order valence-electron chi connectivity index (χ4n) is 2.24. The molecule has 1 aliphatic rings. The topological polar surface area (TPSA) is 42.4 Å². The van der Waals surface area contributed by atoms with Gasteiger partial charge in [-0.25, -0.2) is 9.37 Å². The van der Waals surface area contributed by atoms with E-state index in [9.17, 15) is 9.18 Å². The van der Waals surface area contributed by atoms with Crippen LogP contribution in [0.1, 0.15) is 10.4 Å². The van der Waals surface area contributed by atoms with Crippen LogP contribution in [-0.2, 0) is 4.74 Å². The van der Waals surface area contributed by atoms with Crippen LogP contribution in [0.2, 0.25) is 0 Å². The lowest BCUT2D eigenvalue weighted by Crippen LogP contribution is -2.36. The summed E-state index contributed by atoms with van der Waals surface area (Å²) in [5.41, 5.74) is 0.625. The van der Waals surface area contributed by atoms with Crippen molar-refractivity contribution in [2.45, 2.75) is 0 Å². The number of rotatable bonds is 2. The largest absolute Gasteiger partial charge is 0.378 e. The first-order valence-corrected chi connectivity index (χ1v) is 6.16. The maximum Gasteiger partial charge on any atom is 0.150 e. The lowest BCUT2D eigenvalue weighted by molar-refractivity contribution is 0.112. The molecule has 0 aliphatic carbocycles. The minimum atomic E-state index is -0.463. The van der Waals surface area contributed by atoms with Crippen molar-refractivity contribution in [1.82, 2.24) is 4.98 Å². The summed E-state index contributed by atoms with van der Waals surface area (Å²) < 4.78 is 19.2. The van der Waals surface area contributed by atoms with E-state index in [4.69, 9.17) is 4.74 Å². The average molecular weight is 260 g/mol. The predicted octanol–water partition coefficient (Wildman–Crippen LogP) is 2.02. The molecule has 0 spiro atoms. The second-order valence-electron chi connectivity index (χ2n) is 4.46. The molecule has 1 fully saturated rings. The number of carbonyl (C=O) groups is 1. The van der Waals surface area contributed by atoms with Gasteiger partial charge in [-0.1, -0.05) is 0 Å². The second kappa shape index (κ2) is 4.93. The Balaban J connectivity index is 2.05. The first kappa shape index (κ1) is 12.0. The lowest BCUT2D eigenvalue weighted by atomic mass is 10.1. The first-order chi connectivity index (χ1) is 9.28. The van der Waals surface area contributed by atoms with Crippen LogP contribution in [0.25, 0.3) is 10.9 Å². The molecule has 98 valence electrons. The van der Waals surface area contributed by atoms with Gasteiger partial charge in [-0.3, -0.25) is 4.79 Å². The third-order valence-electron chi connectivity index (χ3n) is 3.22. The number of morpholine rings is 1. The van der Waals surface area contributed by atoms with Crippen molar-refractivity contribution >= 4 is 23.0 Å². The van der Waals surface area contributed by atoms with E-state index in [-0.39, 0.29) is 0 Å². The summed E-state index contributed by atoms with van der Waals surface area (Å²) in [4.78, 5) is 17.1. The number of hydrogen-bond acceptors (Lipinski definition) is 4. The number of ether oxygens (including phenoxy) is 1. The van der Waals surface area contributed by atoms with E-state index in [0.717, 1.165) is 18.9 Å². The summed E-state index contributed by atoms with van der Waals surface area (Å²) in [6, 6.07) is 6.50. The molecule has 2 heterocycles. The van der Waals surface area contributed by atoms with Gasteiger partial charge in [0.1, 0.15) is 23.4 Å². The van der Waals surface area contributed by atoms with E-state index in [0.29, 0.717) is 36.0 Å². The van der Waals surface area contributed by atoms with Crippen LogP contribution in [0.15, 0.2) is 24.3 Å². The molecular weight excluding hydrogens is 247 g/mol. The second-order valence-corrected chi connectivity index (χ2v) is 4.46. The highest BCUT2D eigenvalue weighted by Crippen LogP contribution is 2.22. The standard InChI is InChI=1S/C14H13FN2O2/c15-12-8-10(9-18)7-11-1-2-13(16-14(11)12)17-3-5-19-6-4-17/h1-2,7-9H,3-6H2. The molecule has 0 unspecified atom stereocenters. The predicted molar refractivity (Wildman–Crippen MR) is 70.1 cm³/mol. The highest BCUT2D eigenvalue weighted by Gasteiger charge is 2.14. The van der Waals surface area contributed by atoms with Gasteiger partial charge >= 0.3 is 0 Å². The molecule has 2 aromatic rings. The van der Waals surface area contributed by atoms with E-state index < -0.39 is 5.82 Å². The van der Waals surface area contributed by atoms with Crippen molar-refractivity contribution in [1.29, 1.82) is 0 Å². The first-order valence-electron chi connectivity index (χ1n) is 6.16. The molecule has 0 radical (unpaired) electrons. The summed E-state index contributed by atoms with van der Waals surface area (Å²) in [6.07, 6.45) is 0.637. The van der Waals surface area contributed by atoms with E-state index in [1.807, 2.05) is 6.07 Å². The molecule has 0 bridgehead atoms. The molecule has 1 aromatic heterocycles. The molecule has 3 rings (SSSR count). The van der Waals surface area contributed by atoms with Gasteiger partial charge in [0, 0.05) is 24.0 Å². The number of anilines is 1. The van der Waals surface area contributed by atoms with E-state index in [2.05, 4.69) is 9.88 Å². The molecule has 1 aromatic carbocycles. The van der Waals surface area contributed by atoms with Gasteiger partial charge in [0.25, 0.3) is 0 Å². The highest BCUT2D eigenvalue weighted by atomic mass is 19.1. The third-order valence-corrected chi connectivity index (χ3v) is 3.22. The number of aldehydes is 1. The Labute approximate surface area is 109 Å². The van der Waals surface area contributed by atoms with Crippen molar-refractivity contribution in [2.75, 3.05) is 31.2 Å². The van der Waals surface area contributed by atoms with Crippen LogP contribution >= 0.6 is 0 Å². The molecular formula is C14H13FN2O2. The quantitative estimate of drug-likeness (QED) is 0.775. The molecule has 4 nitrogen and oxygen atoms in total. The van der Waals surface area contributed by atoms with Gasteiger partial charge in [-0.2, -0.15) is 0 Å². The number of hydrogen-bond donors (Lipinski definition) is 0. The Morgan fingerprint density at radius 3 is 2.79 bits per heavy atom. The maximum absolute atomic E-state index is 13.9. The van der Waals surface area contributed by atoms with Crippen molar-refractivity contribution in [3.63, 3.8) is 0 Å². The minimum Gasteiger partial charge on any atom is -0.378 e. The Morgan fingerprint density at radius 1 is 1.26 bits per heavy atom. The number of nitrogens with zero attached hydrogens (tertiary/aromatic N) is 2. The summed E-state index contributed by atoms with van der Waals surface area (Å²) in [7, 11) is 0. The molecule has 1 saturated heterocycles. The summed E-state index contributed by atoms with van der Waals surface area (Å²) >= 11 is 0. The molecule has 0 N–H and O–H groups in total. The summed E-state index contributed by atoms with van der Waals surface area (Å²) in [5, 5.41) is 0.638. The maximum atomic E-state index is 13.9. The van der Waals surface area contributed by atoms with E-state index >= 15 is 0 Å². The van der Waals surface area contributed by atoms with Gasteiger partial charge < -0.3 is 9.64 Å². The Morgan fingerprint density at radius 2 is 2.05 bits per heavy atom. The number of aromatic nitrogens is 1. The molecule has 5 heteroatoms. The zero-order valence-electron chi connectivity index (χ0n) is 10.3. The minimum absolute atomic E-state index is 0.301. The van der Waals surface area contributed by atoms with Crippen LogP contribution in [0.4, 0.5) is 10.2 Å². The Kier molecular flexibility index (Phi) is 3.13. The number of halogens is 1. The van der Waals surface area contributed by atoms with Crippen LogP contribution in [0, 0.1) is 5.82 Å². The van der Waals surface area contributed by atoms with Gasteiger partial charge in [-0.15, -0.1) is 0 Å². The van der Waals surface area contributed by atoms with Gasteiger partial charge in [0.2, 0.25) is 0 Å². The molecule has 0 amide bonds. The fraction of sp³-hybridized carbons (Fsp3) is 0.286. The zero-order valence-corrected chi connectivity index (χ0v) is 10.3. The monoisotopic (exact) mass is 260 g/mol. The van der Waals surface area contributed by atoms with Crippen molar-refractivity contribution in [3.8, 4) is 0 Å². The molecule has 0 atom stereocenters. The van der Waals surface area contributed by atoms with Crippen molar-refractivity contribution in [2.24, 2.45) is 0 Å². The molecule has 0 saturated carbocycles. The lowest BCUT2D eigenvalue weighted by Gasteiger charge is -2.27. The fourth-order valence-corrected chi connectivity index (χ4v) is 2.24. The molecule has 19 heavy (non-hydrogen) atoms. The zero-order chi connectivity index (χ0) is 13.2. The van der Waals surface area contributed by atoms with Crippen molar-refractivity contribution in [3.05, 3.63) is 35.6 Å². The highest BCUT2D eigenvalue weighted by molar-refractivity contribution is 5.88. The Bertz CT molecular complexity index is 624. The van der Waals surface area contributed by atoms with Crippen LogP contribution in [0.5, 0.6) is 0 Å². The van der Waals surface area contributed by atoms with E-state index in [1.165, 1.54) is 6.07 Å². The van der Waals surface area contributed by atoms with Crippen LogP contribution in [-0.4, -0.2) is 37.6 Å².